The van der Waals surface area contributed by atoms with E-state index in [0.29, 0.717) is 32.2 Å². The molecule has 0 aliphatic carbocycles. The molecule has 0 saturated heterocycles. The number of furan rings is 1. The Labute approximate surface area is 215 Å². The molecule has 1 aliphatic rings. The van der Waals surface area contributed by atoms with Crippen LogP contribution in [0, 0.1) is 0 Å². The third-order valence-electron chi connectivity index (χ3n) is 5.61. The van der Waals surface area contributed by atoms with Crippen molar-refractivity contribution >= 4 is 50.9 Å². The second-order valence-corrected chi connectivity index (χ2v) is 10.3. The lowest BCUT2D eigenvalue weighted by Gasteiger charge is -2.25. The van der Waals surface area contributed by atoms with Gasteiger partial charge in [0.15, 0.2) is 4.80 Å². The highest BCUT2D eigenvalue weighted by molar-refractivity contribution is 9.10. The van der Waals surface area contributed by atoms with Crippen molar-refractivity contribution in [3.05, 3.63) is 77.1 Å². The molecule has 8 nitrogen and oxygen atoms in total. The van der Waals surface area contributed by atoms with Crippen molar-refractivity contribution < 1.29 is 13.9 Å². The largest absolute Gasteiger partial charge is 0.463 e. The molecule has 1 atom stereocenters. The molecule has 3 aromatic rings. The Hall–Kier alpha value is -3.11. The summed E-state index contributed by atoms with van der Waals surface area (Å²) in [5.74, 6) is 0.720. The molecule has 2 aromatic heterocycles. The van der Waals surface area contributed by atoms with Gasteiger partial charge in [-0.05, 0) is 47.5 Å². The van der Waals surface area contributed by atoms with Crippen LogP contribution in [0.25, 0.3) is 6.08 Å². The van der Waals surface area contributed by atoms with Crippen LogP contribution >= 0.6 is 27.3 Å². The summed E-state index contributed by atoms with van der Waals surface area (Å²) in [7, 11) is 7.67. The Morgan fingerprint density at radius 3 is 2.49 bits per heavy atom. The zero-order valence-electron chi connectivity index (χ0n) is 20.5. The maximum absolute atomic E-state index is 13.7. The number of hydrogen-bond donors (Lipinski definition) is 0. The van der Waals surface area contributed by atoms with E-state index in [1.165, 1.54) is 11.3 Å². The summed E-state index contributed by atoms with van der Waals surface area (Å²) < 4.78 is 14.1. The van der Waals surface area contributed by atoms with Crippen LogP contribution in [-0.2, 0) is 9.53 Å². The number of carbonyl (C=O) groups is 1. The van der Waals surface area contributed by atoms with Gasteiger partial charge in [0, 0.05) is 46.0 Å². The van der Waals surface area contributed by atoms with Gasteiger partial charge in [-0.15, -0.1) is 0 Å². The monoisotopic (exact) mass is 558 g/mol. The van der Waals surface area contributed by atoms with Crippen LogP contribution in [0.15, 0.2) is 60.3 Å². The highest BCUT2D eigenvalue weighted by atomic mass is 79.9. The van der Waals surface area contributed by atoms with Crippen molar-refractivity contribution in [1.82, 2.24) is 4.57 Å². The third kappa shape index (κ3) is 4.72. The lowest BCUT2D eigenvalue weighted by molar-refractivity contribution is -0.139. The van der Waals surface area contributed by atoms with Gasteiger partial charge >= 0.3 is 5.97 Å². The quantitative estimate of drug-likeness (QED) is 0.432. The number of anilines is 2. The fraction of sp³-hybridized carbons (Fsp3) is 0.320. The molecule has 3 heterocycles. The number of fused-ring (bicyclic) bond motifs is 1. The number of halogens is 1. The summed E-state index contributed by atoms with van der Waals surface area (Å²) in [6.07, 6.45) is 1.71. The van der Waals surface area contributed by atoms with E-state index in [9.17, 15) is 9.59 Å². The Balaban J connectivity index is 1.91. The third-order valence-corrected chi connectivity index (χ3v) is 7.16. The minimum absolute atomic E-state index is 0.230. The predicted molar refractivity (Wildman–Crippen MR) is 142 cm³/mol. The highest BCUT2D eigenvalue weighted by Crippen LogP contribution is 2.32. The number of rotatable bonds is 6. The number of allylic oxidation sites excluding steroid dienone is 1. The zero-order valence-corrected chi connectivity index (χ0v) is 22.9. The van der Waals surface area contributed by atoms with Crippen LogP contribution in [0.3, 0.4) is 0 Å². The first-order valence-corrected chi connectivity index (χ1v) is 12.7. The molecule has 10 heteroatoms. The van der Waals surface area contributed by atoms with Crippen molar-refractivity contribution in [1.29, 1.82) is 0 Å². The highest BCUT2D eigenvalue weighted by Gasteiger charge is 2.33. The minimum Gasteiger partial charge on any atom is -0.463 e. The van der Waals surface area contributed by atoms with Crippen molar-refractivity contribution in [3.8, 4) is 0 Å². The minimum atomic E-state index is -0.649. The maximum Gasteiger partial charge on any atom is 0.338 e. The van der Waals surface area contributed by atoms with Gasteiger partial charge in [0.1, 0.15) is 5.76 Å². The van der Waals surface area contributed by atoms with Crippen LogP contribution in [0.2, 0.25) is 0 Å². The summed E-state index contributed by atoms with van der Waals surface area (Å²) in [5, 5.41) is 0. The van der Waals surface area contributed by atoms with Crippen LogP contribution in [-0.4, -0.2) is 45.3 Å². The van der Waals surface area contributed by atoms with E-state index in [1.54, 1.807) is 24.5 Å². The van der Waals surface area contributed by atoms with E-state index in [0.717, 1.165) is 15.7 Å². The van der Waals surface area contributed by atoms with Gasteiger partial charge < -0.3 is 19.0 Å². The lowest BCUT2D eigenvalue weighted by atomic mass is 9.95. The van der Waals surface area contributed by atoms with E-state index in [2.05, 4.69) is 20.9 Å². The summed E-state index contributed by atoms with van der Waals surface area (Å²) in [6.45, 7) is 3.76. The summed E-state index contributed by atoms with van der Waals surface area (Å²) >= 11 is 4.76. The first-order valence-electron chi connectivity index (χ1n) is 11.1. The number of aromatic nitrogens is 1. The molecule has 0 unspecified atom stereocenters. The standard InChI is InChI=1S/C25H27BrN4O4S/c1-7-33-24(32)20-14(2)27-25-30(21(20)15-8-10-16(11-9-15)28(3)4)22(31)19(35-25)13-17-12-18(26)23(34-17)29(5)6/h8-13,21H,7H2,1-6H3/b19-13+/t21-/m1/s1. The topological polar surface area (TPSA) is 80.3 Å². The van der Waals surface area contributed by atoms with Gasteiger partial charge in [-0.25, -0.2) is 9.79 Å². The summed E-state index contributed by atoms with van der Waals surface area (Å²) in [5.41, 5.74) is 2.46. The van der Waals surface area contributed by atoms with Crippen LogP contribution in [0.5, 0.6) is 0 Å². The van der Waals surface area contributed by atoms with E-state index in [-0.39, 0.29) is 12.2 Å². The Kier molecular flexibility index (Phi) is 7.05. The lowest BCUT2D eigenvalue weighted by Crippen LogP contribution is -2.39. The molecule has 35 heavy (non-hydrogen) atoms. The average molecular weight is 559 g/mol. The number of benzene rings is 1. The van der Waals surface area contributed by atoms with Gasteiger partial charge in [0.05, 0.1) is 32.9 Å². The van der Waals surface area contributed by atoms with Crippen LogP contribution in [0.4, 0.5) is 11.6 Å². The molecular formula is C25H27BrN4O4S. The maximum atomic E-state index is 13.7. The molecule has 184 valence electrons. The number of nitrogens with zero attached hydrogens (tertiary/aromatic N) is 4. The second-order valence-electron chi connectivity index (χ2n) is 8.48. The van der Waals surface area contributed by atoms with Crippen LogP contribution < -0.4 is 24.7 Å². The molecule has 1 aliphatic heterocycles. The van der Waals surface area contributed by atoms with Crippen molar-refractivity contribution in [2.45, 2.75) is 19.9 Å². The van der Waals surface area contributed by atoms with Gasteiger partial charge in [0.25, 0.3) is 5.56 Å². The molecule has 0 N–H and O–H groups in total. The fourth-order valence-electron chi connectivity index (χ4n) is 3.94. The number of thiazole rings is 1. The van der Waals surface area contributed by atoms with E-state index < -0.39 is 12.0 Å². The number of carbonyl (C=O) groups excluding carboxylic acids is 1. The summed E-state index contributed by atoms with van der Waals surface area (Å²) in [6, 6.07) is 8.97. The molecule has 0 radical (unpaired) electrons. The first kappa shape index (κ1) is 25.0. The smallest absolute Gasteiger partial charge is 0.338 e. The van der Waals surface area contributed by atoms with Crippen molar-refractivity contribution in [2.75, 3.05) is 44.6 Å². The molecule has 0 spiro atoms. The van der Waals surface area contributed by atoms with Crippen LogP contribution in [0.1, 0.15) is 31.2 Å². The molecule has 0 bridgehead atoms. The Morgan fingerprint density at radius 2 is 1.91 bits per heavy atom. The molecule has 1 aromatic carbocycles. The van der Waals surface area contributed by atoms with E-state index >= 15 is 0 Å². The van der Waals surface area contributed by atoms with Gasteiger partial charge in [-0.1, -0.05) is 23.5 Å². The molecule has 4 rings (SSSR count). The Bertz CT molecular complexity index is 1480. The average Bonchev–Trinajstić information content (AvgIpc) is 3.32. The molecule has 0 fully saturated rings. The van der Waals surface area contributed by atoms with Gasteiger partial charge in [-0.2, -0.15) is 0 Å². The molecule has 0 amide bonds. The summed E-state index contributed by atoms with van der Waals surface area (Å²) in [4.78, 5) is 35.6. The molecular weight excluding hydrogens is 532 g/mol. The van der Waals surface area contributed by atoms with Crippen molar-refractivity contribution in [2.24, 2.45) is 4.99 Å². The number of esters is 1. The first-order chi connectivity index (χ1) is 16.6. The molecule has 0 saturated carbocycles. The zero-order chi connectivity index (χ0) is 25.4. The predicted octanol–water partition coefficient (Wildman–Crippen LogP) is 3.29. The Morgan fingerprint density at radius 1 is 1.23 bits per heavy atom. The number of hydrogen-bond acceptors (Lipinski definition) is 8. The second kappa shape index (κ2) is 9.87. The SMILES string of the molecule is CCOC(=O)C1=C(C)N=c2s/c(=C/c3cc(Br)c(N(C)C)o3)c(=O)n2[C@@H]1c1ccc(N(C)C)cc1. The normalized spacial score (nSPS) is 15.6. The van der Waals surface area contributed by atoms with Crippen molar-refractivity contribution in [3.63, 3.8) is 0 Å². The van der Waals surface area contributed by atoms with E-state index in [4.69, 9.17) is 9.15 Å². The van der Waals surface area contributed by atoms with E-state index in [1.807, 2.05) is 68.3 Å². The fourth-order valence-corrected chi connectivity index (χ4v) is 5.63. The van der Waals surface area contributed by atoms with Gasteiger partial charge in [-0.3, -0.25) is 9.36 Å². The number of ether oxygens (including phenoxy) is 1. The van der Waals surface area contributed by atoms with Gasteiger partial charge in [0.2, 0.25) is 5.88 Å².